The van der Waals surface area contributed by atoms with Crippen molar-refractivity contribution < 1.29 is 13.9 Å². The van der Waals surface area contributed by atoms with E-state index in [0.29, 0.717) is 6.54 Å². The lowest BCUT2D eigenvalue weighted by Gasteiger charge is -2.19. The van der Waals surface area contributed by atoms with Gasteiger partial charge in [-0.1, -0.05) is 6.07 Å². The molecule has 0 aliphatic heterocycles. The number of nitrogens with one attached hydrogen (secondary N) is 1. The molecule has 1 aromatic carbocycles. The molecule has 2 heterocycles. The van der Waals surface area contributed by atoms with Gasteiger partial charge in [-0.05, 0) is 49.6 Å². The molecule has 0 radical (unpaired) electrons. The van der Waals surface area contributed by atoms with E-state index in [4.69, 9.17) is 4.74 Å². The fraction of sp³-hybridized carbons (Fsp3) is 0.263. The zero-order valence-corrected chi connectivity index (χ0v) is 15.6. The number of halogens is 1. The number of ether oxygens (including phenoxy) is 1. The van der Waals surface area contributed by atoms with Gasteiger partial charge in [0.2, 0.25) is 0 Å². The van der Waals surface area contributed by atoms with Crippen molar-refractivity contribution in [3.8, 4) is 5.75 Å². The van der Waals surface area contributed by atoms with E-state index in [2.05, 4.69) is 10.4 Å². The Morgan fingerprint density at radius 2 is 2.15 bits per heavy atom. The Morgan fingerprint density at radius 3 is 2.73 bits per heavy atom. The molecule has 0 saturated heterocycles. The topological polar surface area (TPSA) is 56.1 Å². The highest BCUT2D eigenvalue weighted by atomic mass is 32.1. The highest BCUT2D eigenvalue weighted by molar-refractivity contribution is 7.10. The molecule has 136 valence electrons. The third-order valence-corrected chi connectivity index (χ3v) is 5.05. The summed E-state index contributed by atoms with van der Waals surface area (Å²) in [5.74, 6) is -0.788. The number of amides is 1. The van der Waals surface area contributed by atoms with Gasteiger partial charge in [0.1, 0.15) is 6.04 Å². The standard InChI is InChI=1S/C19H20FN3O2S/c1-12-9-13(2)23(22-12)16(18-5-4-8-26-18)11-21-19(24)14-6-7-17(25-3)15(20)10-14/h4-10,16H,11H2,1-3H3,(H,21,24). The van der Waals surface area contributed by atoms with Gasteiger partial charge >= 0.3 is 0 Å². The predicted octanol–water partition coefficient (Wildman–Crippen LogP) is 3.73. The van der Waals surface area contributed by atoms with Gasteiger partial charge in [-0.3, -0.25) is 9.48 Å². The van der Waals surface area contributed by atoms with E-state index in [0.717, 1.165) is 16.3 Å². The lowest BCUT2D eigenvalue weighted by molar-refractivity contribution is 0.0948. The minimum Gasteiger partial charge on any atom is -0.494 e. The highest BCUT2D eigenvalue weighted by Gasteiger charge is 2.20. The summed E-state index contributed by atoms with van der Waals surface area (Å²) in [5.41, 5.74) is 2.19. The van der Waals surface area contributed by atoms with Crippen LogP contribution in [0, 0.1) is 19.7 Å². The van der Waals surface area contributed by atoms with Crippen molar-refractivity contribution in [3.05, 3.63) is 69.4 Å². The molecule has 3 rings (SSSR count). The zero-order valence-electron chi connectivity index (χ0n) is 14.8. The fourth-order valence-electron chi connectivity index (χ4n) is 2.85. The molecule has 2 aromatic heterocycles. The molecule has 1 unspecified atom stereocenters. The van der Waals surface area contributed by atoms with Gasteiger partial charge in [-0.25, -0.2) is 4.39 Å². The normalized spacial score (nSPS) is 12.0. The largest absolute Gasteiger partial charge is 0.494 e. The minimum atomic E-state index is -0.562. The summed E-state index contributed by atoms with van der Waals surface area (Å²) in [4.78, 5) is 13.5. The van der Waals surface area contributed by atoms with E-state index in [1.165, 1.54) is 19.2 Å². The van der Waals surface area contributed by atoms with Gasteiger partial charge in [0.05, 0.1) is 12.8 Å². The molecule has 0 bridgehead atoms. The van der Waals surface area contributed by atoms with Gasteiger partial charge in [0, 0.05) is 22.7 Å². The van der Waals surface area contributed by atoms with Crippen LogP contribution in [0.15, 0.2) is 41.8 Å². The number of aryl methyl sites for hydroxylation is 2. The molecular weight excluding hydrogens is 353 g/mol. The second-order valence-electron chi connectivity index (χ2n) is 5.96. The molecule has 1 atom stereocenters. The smallest absolute Gasteiger partial charge is 0.251 e. The van der Waals surface area contributed by atoms with Crippen LogP contribution in [-0.2, 0) is 0 Å². The van der Waals surface area contributed by atoms with Crippen LogP contribution in [0.1, 0.15) is 32.7 Å². The fourth-order valence-corrected chi connectivity index (χ4v) is 3.66. The number of aromatic nitrogens is 2. The van der Waals surface area contributed by atoms with Crippen molar-refractivity contribution in [2.45, 2.75) is 19.9 Å². The number of carbonyl (C=O) groups is 1. The summed E-state index contributed by atoms with van der Waals surface area (Å²) in [6.45, 7) is 4.28. The SMILES string of the molecule is COc1ccc(C(=O)NCC(c2cccs2)n2nc(C)cc2C)cc1F. The van der Waals surface area contributed by atoms with Crippen LogP contribution >= 0.6 is 11.3 Å². The van der Waals surface area contributed by atoms with Crippen LogP contribution in [0.3, 0.4) is 0 Å². The maximum atomic E-state index is 13.8. The van der Waals surface area contributed by atoms with E-state index in [1.807, 2.05) is 42.1 Å². The van der Waals surface area contributed by atoms with Crippen LogP contribution in [0.4, 0.5) is 4.39 Å². The number of benzene rings is 1. The average Bonchev–Trinajstić information content (AvgIpc) is 3.25. The van der Waals surface area contributed by atoms with Gasteiger partial charge in [-0.15, -0.1) is 11.3 Å². The maximum Gasteiger partial charge on any atom is 0.251 e. The second kappa shape index (κ2) is 7.70. The predicted molar refractivity (Wildman–Crippen MR) is 99.4 cm³/mol. The van der Waals surface area contributed by atoms with E-state index in [-0.39, 0.29) is 23.3 Å². The molecule has 26 heavy (non-hydrogen) atoms. The van der Waals surface area contributed by atoms with Crippen molar-refractivity contribution >= 4 is 17.2 Å². The van der Waals surface area contributed by atoms with Gasteiger partial charge in [-0.2, -0.15) is 5.10 Å². The monoisotopic (exact) mass is 373 g/mol. The Kier molecular flexibility index (Phi) is 5.37. The van der Waals surface area contributed by atoms with Gasteiger partial charge in [0.15, 0.2) is 11.6 Å². The van der Waals surface area contributed by atoms with Gasteiger partial charge in [0.25, 0.3) is 5.91 Å². The number of hydrogen-bond acceptors (Lipinski definition) is 4. The summed E-state index contributed by atoms with van der Waals surface area (Å²) >= 11 is 1.61. The number of hydrogen-bond donors (Lipinski definition) is 1. The van der Waals surface area contributed by atoms with Crippen molar-refractivity contribution in [1.29, 1.82) is 0 Å². The summed E-state index contributed by atoms with van der Waals surface area (Å²) in [7, 11) is 1.39. The molecule has 0 fully saturated rings. The number of thiophene rings is 1. The number of nitrogens with zero attached hydrogens (tertiary/aromatic N) is 2. The Balaban J connectivity index is 1.79. The molecule has 0 aliphatic carbocycles. The van der Waals surface area contributed by atoms with Crippen LogP contribution in [0.25, 0.3) is 0 Å². The van der Waals surface area contributed by atoms with Crippen molar-refractivity contribution in [2.24, 2.45) is 0 Å². The van der Waals surface area contributed by atoms with Crippen LogP contribution < -0.4 is 10.1 Å². The molecule has 3 aromatic rings. The van der Waals surface area contributed by atoms with Crippen molar-refractivity contribution in [2.75, 3.05) is 13.7 Å². The first-order chi connectivity index (χ1) is 12.5. The summed E-state index contributed by atoms with van der Waals surface area (Å²) in [6.07, 6.45) is 0. The lowest BCUT2D eigenvalue weighted by atomic mass is 10.1. The Morgan fingerprint density at radius 1 is 1.35 bits per heavy atom. The Hall–Kier alpha value is -2.67. The van der Waals surface area contributed by atoms with Crippen LogP contribution in [0.5, 0.6) is 5.75 Å². The zero-order chi connectivity index (χ0) is 18.7. The second-order valence-corrected chi connectivity index (χ2v) is 6.94. The number of carbonyl (C=O) groups excluding carboxylic acids is 1. The molecule has 0 saturated carbocycles. The van der Waals surface area contributed by atoms with E-state index in [9.17, 15) is 9.18 Å². The van der Waals surface area contributed by atoms with E-state index >= 15 is 0 Å². The Bertz CT molecular complexity index is 906. The average molecular weight is 373 g/mol. The first-order valence-electron chi connectivity index (χ1n) is 8.17. The highest BCUT2D eigenvalue weighted by Crippen LogP contribution is 2.24. The van der Waals surface area contributed by atoms with E-state index in [1.54, 1.807) is 17.4 Å². The maximum absolute atomic E-state index is 13.8. The quantitative estimate of drug-likeness (QED) is 0.716. The first kappa shape index (κ1) is 18.1. The van der Waals surface area contributed by atoms with Crippen LogP contribution in [0.2, 0.25) is 0 Å². The molecule has 7 heteroatoms. The van der Waals surface area contributed by atoms with Crippen LogP contribution in [-0.4, -0.2) is 29.3 Å². The van der Waals surface area contributed by atoms with Gasteiger partial charge < -0.3 is 10.1 Å². The third-order valence-electron chi connectivity index (χ3n) is 4.08. The number of methoxy groups -OCH3 is 1. The minimum absolute atomic E-state index is 0.112. The molecule has 1 amide bonds. The molecule has 0 spiro atoms. The molecular formula is C19H20FN3O2S. The summed E-state index contributed by atoms with van der Waals surface area (Å²) in [5, 5.41) is 9.43. The van der Waals surface area contributed by atoms with E-state index < -0.39 is 5.82 Å². The number of rotatable bonds is 6. The Labute approximate surface area is 155 Å². The summed E-state index contributed by atoms with van der Waals surface area (Å²) in [6, 6.07) is 10.0. The van der Waals surface area contributed by atoms with Crippen molar-refractivity contribution in [1.82, 2.24) is 15.1 Å². The molecule has 0 aliphatic rings. The van der Waals surface area contributed by atoms with Crippen molar-refractivity contribution in [3.63, 3.8) is 0 Å². The molecule has 5 nitrogen and oxygen atoms in total. The lowest BCUT2D eigenvalue weighted by Crippen LogP contribution is -2.32. The summed E-state index contributed by atoms with van der Waals surface area (Å²) < 4.78 is 20.6. The molecule has 1 N–H and O–H groups in total. The first-order valence-corrected chi connectivity index (χ1v) is 9.05. The third kappa shape index (κ3) is 3.77.